The van der Waals surface area contributed by atoms with E-state index in [4.69, 9.17) is 21.1 Å². The fourth-order valence-electron chi connectivity index (χ4n) is 3.44. The Hall–Kier alpha value is -1.26. The molecule has 1 saturated carbocycles. The normalized spacial score (nSPS) is 21.0. The van der Waals surface area contributed by atoms with Crippen LogP contribution in [-0.4, -0.2) is 31.8 Å². The average molecular weight is 352 g/mol. The van der Waals surface area contributed by atoms with Crippen molar-refractivity contribution >= 4 is 17.5 Å². The van der Waals surface area contributed by atoms with Crippen molar-refractivity contribution in [3.8, 4) is 5.75 Å². The van der Waals surface area contributed by atoms with Crippen molar-refractivity contribution in [1.29, 1.82) is 0 Å². The zero-order chi connectivity index (χ0) is 16.8. The number of hydrogen-bond acceptors (Lipinski definition) is 3. The third kappa shape index (κ3) is 4.87. The van der Waals surface area contributed by atoms with E-state index in [1.54, 1.807) is 0 Å². The lowest BCUT2D eigenvalue weighted by atomic mass is 9.96. The molecule has 0 bridgehead atoms. The predicted molar refractivity (Wildman–Crippen MR) is 94.6 cm³/mol. The van der Waals surface area contributed by atoms with Crippen molar-refractivity contribution < 1.29 is 14.3 Å². The SMILES string of the molecule is O=C(NCCCOC1CCCCC1)[C@@H]1COc2ccc(Cl)cc2C1. The maximum absolute atomic E-state index is 12.3. The summed E-state index contributed by atoms with van der Waals surface area (Å²) in [4.78, 5) is 12.3. The molecule has 1 aromatic carbocycles. The van der Waals surface area contributed by atoms with Crippen molar-refractivity contribution in [2.45, 2.75) is 51.0 Å². The fraction of sp³-hybridized carbons (Fsp3) is 0.632. The van der Waals surface area contributed by atoms with Gasteiger partial charge in [-0.1, -0.05) is 30.9 Å². The van der Waals surface area contributed by atoms with E-state index in [-0.39, 0.29) is 11.8 Å². The molecule has 1 aliphatic carbocycles. The molecule has 3 rings (SSSR count). The minimum atomic E-state index is -0.143. The predicted octanol–water partition coefficient (Wildman–Crippen LogP) is 3.75. The summed E-state index contributed by atoms with van der Waals surface area (Å²) in [5.41, 5.74) is 1.01. The number of halogens is 1. The van der Waals surface area contributed by atoms with Gasteiger partial charge in [0.25, 0.3) is 0 Å². The molecule has 0 saturated heterocycles. The smallest absolute Gasteiger partial charge is 0.226 e. The number of fused-ring (bicyclic) bond motifs is 1. The van der Waals surface area contributed by atoms with Gasteiger partial charge in [0.15, 0.2) is 0 Å². The molecule has 1 amide bonds. The van der Waals surface area contributed by atoms with Crippen LogP contribution < -0.4 is 10.1 Å². The van der Waals surface area contributed by atoms with Crippen LogP contribution in [0.15, 0.2) is 18.2 Å². The van der Waals surface area contributed by atoms with E-state index < -0.39 is 0 Å². The van der Waals surface area contributed by atoms with Crippen molar-refractivity contribution in [1.82, 2.24) is 5.32 Å². The van der Waals surface area contributed by atoms with Gasteiger partial charge in [0.1, 0.15) is 12.4 Å². The lowest BCUT2D eigenvalue weighted by Crippen LogP contribution is -2.38. The van der Waals surface area contributed by atoms with Crippen LogP contribution >= 0.6 is 11.6 Å². The van der Waals surface area contributed by atoms with Gasteiger partial charge in [-0.3, -0.25) is 4.79 Å². The molecule has 2 aliphatic rings. The Kier molecular flexibility index (Phi) is 6.38. The lowest BCUT2D eigenvalue weighted by molar-refractivity contribution is -0.126. The fourth-order valence-corrected chi connectivity index (χ4v) is 3.64. The van der Waals surface area contributed by atoms with Gasteiger partial charge in [-0.2, -0.15) is 0 Å². The maximum Gasteiger partial charge on any atom is 0.226 e. The number of carbonyl (C=O) groups excluding carboxylic acids is 1. The standard InChI is InChI=1S/C19H26ClNO3/c20-16-7-8-18-14(12-16)11-15(13-24-18)19(22)21-9-4-10-23-17-5-2-1-3-6-17/h7-8,12,15,17H,1-6,9-11,13H2,(H,21,22)/t15-/m0/s1. The number of hydrogen-bond donors (Lipinski definition) is 1. The van der Waals surface area contributed by atoms with Crippen molar-refractivity contribution in [3.05, 3.63) is 28.8 Å². The Balaban J connectivity index is 1.35. The molecule has 1 aromatic rings. The second kappa shape index (κ2) is 8.72. The van der Waals surface area contributed by atoms with Gasteiger partial charge < -0.3 is 14.8 Å². The second-order valence-electron chi connectivity index (χ2n) is 6.74. The zero-order valence-corrected chi connectivity index (χ0v) is 14.8. The van der Waals surface area contributed by atoms with Gasteiger partial charge >= 0.3 is 0 Å². The summed E-state index contributed by atoms with van der Waals surface area (Å²) in [5.74, 6) is 0.748. The summed E-state index contributed by atoms with van der Waals surface area (Å²) in [6.07, 6.45) is 8.26. The molecule has 1 fully saturated rings. The molecule has 0 radical (unpaired) electrons. The monoisotopic (exact) mass is 351 g/mol. The molecule has 0 aromatic heterocycles. The Morgan fingerprint density at radius 3 is 2.96 bits per heavy atom. The molecule has 0 spiro atoms. The summed E-state index contributed by atoms with van der Waals surface area (Å²) in [6, 6.07) is 5.57. The van der Waals surface area contributed by atoms with Crippen LogP contribution in [-0.2, 0) is 16.0 Å². The van der Waals surface area contributed by atoms with Crippen LogP contribution in [0.2, 0.25) is 5.02 Å². The van der Waals surface area contributed by atoms with E-state index in [1.807, 2.05) is 18.2 Å². The number of benzene rings is 1. The number of amides is 1. The second-order valence-corrected chi connectivity index (χ2v) is 7.18. The van der Waals surface area contributed by atoms with E-state index in [9.17, 15) is 4.79 Å². The number of ether oxygens (including phenoxy) is 2. The van der Waals surface area contributed by atoms with Gasteiger partial charge in [0.2, 0.25) is 5.91 Å². The number of rotatable bonds is 6. The van der Waals surface area contributed by atoms with Crippen LogP contribution in [0.1, 0.15) is 44.1 Å². The van der Waals surface area contributed by atoms with Crippen LogP contribution in [0.5, 0.6) is 5.75 Å². The molecule has 1 N–H and O–H groups in total. The Labute approximate surface area is 148 Å². The quantitative estimate of drug-likeness (QED) is 0.794. The summed E-state index contributed by atoms with van der Waals surface area (Å²) in [5, 5.41) is 3.68. The van der Waals surface area contributed by atoms with E-state index in [1.165, 1.54) is 32.1 Å². The van der Waals surface area contributed by atoms with Crippen molar-refractivity contribution in [3.63, 3.8) is 0 Å². The van der Waals surface area contributed by atoms with Crippen LogP contribution in [0, 0.1) is 5.92 Å². The Bertz CT molecular complexity index is 558. The molecule has 1 aliphatic heterocycles. The largest absolute Gasteiger partial charge is 0.492 e. The van der Waals surface area contributed by atoms with Crippen LogP contribution in [0.3, 0.4) is 0 Å². The van der Waals surface area contributed by atoms with Crippen LogP contribution in [0.4, 0.5) is 0 Å². The highest BCUT2D eigenvalue weighted by Crippen LogP contribution is 2.29. The highest BCUT2D eigenvalue weighted by molar-refractivity contribution is 6.30. The van der Waals surface area contributed by atoms with Gasteiger partial charge in [-0.15, -0.1) is 0 Å². The summed E-state index contributed by atoms with van der Waals surface area (Å²) in [7, 11) is 0. The number of nitrogens with one attached hydrogen (secondary N) is 1. The third-order valence-corrected chi connectivity index (χ3v) is 5.06. The summed E-state index contributed by atoms with van der Waals surface area (Å²) in [6.45, 7) is 1.81. The first-order chi connectivity index (χ1) is 11.7. The first-order valence-electron chi connectivity index (χ1n) is 9.03. The molecule has 24 heavy (non-hydrogen) atoms. The van der Waals surface area contributed by atoms with E-state index in [2.05, 4.69) is 5.32 Å². The number of carbonyl (C=O) groups is 1. The van der Waals surface area contributed by atoms with Gasteiger partial charge in [-0.05, 0) is 49.4 Å². The molecule has 1 heterocycles. The van der Waals surface area contributed by atoms with Gasteiger partial charge in [0.05, 0.1) is 12.0 Å². The first kappa shape index (κ1) is 17.6. The molecular weight excluding hydrogens is 326 g/mol. The minimum absolute atomic E-state index is 0.0540. The Morgan fingerprint density at radius 2 is 2.12 bits per heavy atom. The van der Waals surface area contributed by atoms with E-state index >= 15 is 0 Å². The minimum Gasteiger partial charge on any atom is -0.492 e. The van der Waals surface area contributed by atoms with Gasteiger partial charge in [0, 0.05) is 18.2 Å². The van der Waals surface area contributed by atoms with E-state index in [0.29, 0.717) is 30.7 Å². The summed E-state index contributed by atoms with van der Waals surface area (Å²) >= 11 is 6.02. The Morgan fingerprint density at radius 1 is 1.29 bits per heavy atom. The van der Waals surface area contributed by atoms with Crippen molar-refractivity contribution in [2.75, 3.05) is 19.8 Å². The van der Waals surface area contributed by atoms with Crippen LogP contribution in [0.25, 0.3) is 0 Å². The first-order valence-corrected chi connectivity index (χ1v) is 9.41. The molecule has 132 valence electrons. The van der Waals surface area contributed by atoms with Gasteiger partial charge in [-0.25, -0.2) is 0 Å². The lowest BCUT2D eigenvalue weighted by Gasteiger charge is -2.25. The van der Waals surface area contributed by atoms with Crippen molar-refractivity contribution in [2.24, 2.45) is 5.92 Å². The highest BCUT2D eigenvalue weighted by Gasteiger charge is 2.25. The molecule has 5 heteroatoms. The molecular formula is C19H26ClNO3. The maximum atomic E-state index is 12.3. The average Bonchev–Trinajstić information content (AvgIpc) is 2.61. The molecule has 1 atom stereocenters. The molecule has 4 nitrogen and oxygen atoms in total. The highest BCUT2D eigenvalue weighted by atomic mass is 35.5. The molecule has 0 unspecified atom stereocenters. The van der Waals surface area contributed by atoms with E-state index in [0.717, 1.165) is 24.3 Å². The summed E-state index contributed by atoms with van der Waals surface area (Å²) < 4.78 is 11.6. The zero-order valence-electron chi connectivity index (χ0n) is 14.1. The third-order valence-electron chi connectivity index (χ3n) is 4.83. The topological polar surface area (TPSA) is 47.6 Å².